The first-order chi connectivity index (χ1) is 6.16. The molecule has 3 nitrogen and oxygen atoms in total. The van der Waals surface area contributed by atoms with Crippen molar-refractivity contribution < 1.29 is 4.74 Å². The molecule has 1 atom stereocenters. The molecule has 0 amide bonds. The van der Waals surface area contributed by atoms with Crippen LogP contribution in [0.15, 0.2) is 12.7 Å². The van der Waals surface area contributed by atoms with Gasteiger partial charge in [-0.15, -0.1) is 6.58 Å². The lowest BCUT2D eigenvalue weighted by atomic mass is 10.3. The summed E-state index contributed by atoms with van der Waals surface area (Å²) >= 11 is 0. The molecule has 3 heteroatoms. The number of hydrogen-bond acceptors (Lipinski definition) is 3. The zero-order valence-corrected chi connectivity index (χ0v) is 9.05. The molecule has 1 N–H and O–H groups in total. The largest absolute Gasteiger partial charge is 0.379 e. The van der Waals surface area contributed by atoms with Crippen molar-refractivity contribution in [3.63, 3.8) is 0 Å². The molecule has 0 fully saturated rings. The lowest BCUT2D eigenvalue weighted by Gasteiger charge is -2.11. The summed E-state index contributed by atoms with van der Waals surface area (Å²) in [6.07, 6.45) is 1.89. The van der Waals surface area contributed by atoms with E-state index >= 15 is 0 Å². The van der Waals surface area contributed by atoms with E-state index in [1.165, 1.54) is 0 Å². The molecule has 0 saturated carbocycles. The Morgan fingerprint density at radius 3 is 2.69 bits per heavy atom. The van der Waals surface area contributed by atoms with Gasteiger partial charge in [0.15, 0.2) is 0 Å². The fourth-order valence-corrected chi connectivity index (χ4v) is 0.791. The molecular weight excluding hydrogens is 164 g/mol. The maximum absolute atomic E-state index is 5.40. The quantitative estimate of drug-likeness (QED) is 0.447. The van der Waals surface area contributed by atoms with Gasteiger partial charge in [0.05, 0.1) is 13.2 Å². The third kappa shape index (κ3) is 9.53. The Kier molecular flexibility index (Phi) is 7.99. The molecule has 1 unspecified atom stereocenters. The van der Waals surface area contributed by atoms with Gasteiger partial charge in [0, 0.05) is 19.1 Å². The first-order valence-corrected chi connectivity index (χ1v) is 4.75. The van der Waals surface area contributed by atoms with Crippen LogP contribution in [0, 0.1) is 0 Å². The van der Waals surface area contributed by atoms with E-state index in [1.54, 1.807) is 0 Å². The van der Waals surface area contributed by atoms with Crippen molar-refractivity contribution in [2.45, 2.75) is 13.0 Å². The first kappa shape index (κ1) is 12.6. The predicted octanol–water partition coefficient (Wildman–Crippen LogP) is 0.729. The number of nitrogens with zero attached hydrogens (tertiary/aromatic N) is 1. The van der Waals surface area contributed by atoms with E-state index in [9.17, 15) is 0 Å². The van der Waals surface area contributed by atoms with Crippen molar-refractivity contribution in [1.29, 1.82) is 0 Å². The fraction of sp³-hybridized carbons (Fsp3) is 0.800. The number of ether oxygens (including phenoxy) is 1. The first-order valence-electron chi connectivity index (χ1n) is 4.75. The van der Waals surface area contributed by atoms with Gasteiger partial charge in [0.2, 0.25) is 0 Å². The topological polar surface area (TPSA) is 24.5 Å². The highest BCUT2D eigenvalue weighted by Crippen LogP contribution is 1.81. The van der Waals surface area contributed by atoms with Crippen molar-refractivity contribution in [2.75, 3.05) is 40.4 Å². The molecule has 0 radical (unpaired) electrons. The van der Waals surface area contributed by atoms with Gasteiger partial charge in [0.25, 0.3) is 0 Å². The van der Waals surface area contributed by atoms with E-state index in [2.05, 4.69) is 23.7 Å². The number of rotatable bonds is 8. The molecule has 0 aromatic rings. The van der Waals surface area contributed by atoms with Crippen molar-refractivity contribution >= 4 is 0 Å². The monoisotopic (exact) mass is 186 g/mol. The Morgan fingerprint density at radius 1 is 1.46 bits per heavy atom. The smallest absolute Gasteiger partial charge is 0.0593 e. The van der Waals surface area contributed by atoms with Crippen molar-refractivity contribution in [3.8, 4) is 0 Å². The second-order valence-corrected chi connectivity index (χ2v) is 3.39. The molecule has 0 saturated heterocycles. The maximum Gasteiger partial charge on any atom is 0.0593 e. The van der Waals surface area contributed by atoms with Gasteiger partial charge in [-0.3, -0.25) is 0 Å². The molecule has 0 aromatic carbocycles. The standard InChI is InChI=1S/C10H22N2O/c1-5-10(2)11-6-8-13-9-7-12(3)4/h5,10-11H,1,6-9H2,2-4H3. The molecule has 0 heterocycles. The lowest BCUT2D eigenvalue weighted by molar-refractivity contribution is 0.118. The molecule has 0 aliphatic rings. The average Bonchev–Trinajstić information content (AvgIpc) is 2.10. The molecule has 78 valence electrons. The zero-order chi connectivity index (χ0) is 10.1. The second-order valence-electron chi connectivity index (χ2n) is 3.39. The Bertz CT molecular complexity index is 126. The van der Waals surface area contributed by atoms with Gasteiger partial charge in [-0.05, 0) is 21.0 Å². The van der Waals surface area contributed by atoms with Crippen LogP contribution < -0.4 is 5.32 Å². The molecule has 0 bridgehead atoms. The third-order valence-corrected chi connectivity index (χ3v) is 1.75. The molecule has 0 aliphatic carbocycles. The number of likely N-dealkylation sites (N-methyl/N-ethyl adjacent to an activating group) is 1. The SMILES string of the molecule is C=CC(C)NCCOCCN(C)C. The maximum atomic E-state index is 5.40. The van der Waals surface area contributed by atoms with Gasteiger partial charge >= 0.3 is 0 Å². The van der Waals surface area contributed by atoms with Crippen LogP contribution in [0.5, 0.6) is 0 Å². The van der Waals surface area contributed by atoms with E-state index in [-0.39, 0.29) is 0 Å². The van der Waals surface area contributed by atoms with Gasteiger partial charge in [-0.25, -0.2) is 0 Å². The summed E-state index contributed by atoms with van der Waals surface area (Å²) in [5, 5.41) is 3.26. The molecule has 0 aliphatic heterocycles. The molecule has 13 heavy (non-hydrogen) atoms. The van der Waals surface area contributed by atoms with E-state index in [1.807, 2.05) is 20.2 Å². The van der Waals surface area contributed by atoms with Crippen molar-refractivity contribution in [3.05, 3.63) is 12.7 Å². The van der Waals surface area contributed by atoms with Crippen LogP contribution in [0.4, 0.5) is 0 Å². The molecule has 0 aromatic heterocycles. The summed E-state index contributed by atoms with van der Waals surface area (Å²) in [6, 6.07) is 0.373. The van der Waals surface area contributed by atoms with E-state index in [0.29, 0.717) is 6.04 Å². The highest BCUT2D eigenvalue weighted by atomic mass is 16.5. The van der Waals surface area contributed by atoms with Gasteiger partial charge < -0.3 is 15.0 Å². The van der Waals surface area contributed by atoms with E-state index in [4.69, 9.17) is 4.74 Å². The molecular formula is C10H22N2O. The van der Waals surface area contributed by atoms with Crippen LogP contribution >= 0.6 is 0 Å². The Labute approximate surface area is 81.8 Å². The summed E-state index contributed by atoms with van der Waals surface area (Å²) < 4.78 is 5.40. The summed E-state index contributed by atoms with van der Waals surface area (Å²) in [5.41, 5.74) is 0. The summed E-state index contributed by atoms with van der Waals surface area (Å²) in [6.45, 7) is 9.21. The molecule has 0 spiro atoms. The van der Waals surface area contributed by atoms with Crippen molar-refractivity contribution in [2.24, 2.45) is 0 Å². The lowest BCUT2D eigenvalue weighted by Crippen LogP contribution is -2.28. The molecule has 0 rings (SSSR count). The van der Waals surface area contributed by atoms with E-state index in [0.717, 1.165) is 26.3 Å². The zero-order valence-electron chi connectivity index (χ0n) is 9.05. The van der Waals surface area contributed by atoms with E-state index < -0.39 is 0 Å². The summed E-state index contributed by atoms with van der Waals surface area (Å²) in [5.74, 6) is 0. The number of hydrogen-bond donors (Lipinski definition) is 1. The number of nitrogens with one attached hydrogen (secondary N) is 1. The van der Waals surface area contributed by atoms with Crippen molar-refractivity contribution in [1.82, 2.24) is 10.2 Å². The van der Waals surface area contributed by atoms with Gasteiger partial charge in [-0.2, -0.15) is 0 Å². The Morgan fingerprint density at radius 2 is 2.15 bits per heavy atom. The normalized spacial score (nSPS) is 13.2. The summed E-state index contributed by atoms with van der Waals surface area (Å²) in [4.78, 5) is 2.11. The van der Waals surface area contributed by atoms with Gasteiger partial charge in [0.1, 0.15) is 0 Å². The van der Waals surface area contributed by atoms with Crippen LogP contribution in [0.3, 0.4) is 0 Å². The highest BCUT2D eigenvalue weighted by Gasteiger charge is 1.94. The van der Waals surface area contributed by atoms with Crippen LogP contribution in [0.25, 0.3) is 0 Å². The highest BCUT2D eigenvalue weighted by molar-refractivity contribution is 4.80. The van der Waals surface area contributed by atoms with Crippen LogP contribution in [0.1, 0.15) is 6.92 Å². The predicted molar refractivity (Wildman–Crippen MR) is 57.0 cm³/mol. The minimum absolute atomic E-state index is 0.373. The minimum Gasteiger partial charge on any atom is -0.379 e. The summed E-state index contributed by atoms with van der Waals surface area (Å²) in [7, 11) is 4.09. The van der Waals surface area contributed by atoms with Crippen LogP contribution in [-0.2, 0) is 4.74 Å². The van der Waals surface area contributed by atoms with Crippen LogP contribution in [0.2, 0.25) is 0 Å². The minimum atomic E-state index is 0.373. The Balaban J connectivity index is 3.03. The second kappa shape index (κ2) is 8.23. The Hall–Kier alpha value is -0.380. The van der Waals surface area contributed by atoms with Crippen LogP contribution in [-0.4, -0.2) is 51.3 Å². The fourth-order valence-electron chi connectivity index (χ4n) is 0.791. The average molecular weight is 186 g/mol. The van der Waals surface area contributed by atoms with Gasteiger partial charge in [-0.1, -0.05) is 6.08 Å². The third-order valence-electron chi connectivity index (χ3n) is 1.75.